The number of nitrogens with zero attached hydrogens (tertiary/aromatic N) is 2. The third-order valence-electron chi connectivity index (χ3n) is 4.96. The zero-order valence-corrected chi connectivity index (χ0v) is 18.2. The molecule has 2 N–H and O–H groups in total. The Balaban J connectivity index is 1.59. The molecule has 0 aliphatic rings. The molecule has 1 unspecified atom stereocenters. The van der Waals surface area contributed by atoms with E-state index in [2.05, 4.69) is 15.0 Å². The van der Waals surface area contributed by atoms with Crippen LogP contribution in [0.2, 0.25) is 0 Å². The number of carbonyl (C=O) groups excluding carboxylic acids is 1. The van der Waals surface area contributed by atoms with Gasteiger partial charge in [-0.1, -0.05) is 54.6 Å². The molecule has 0 aliphatic carbocycles. The van der Waals surface area contributed by atoms with Crippen LogP contribution in [0.15, 0.2) is 102 Å². The van der Waals surface area contributed by atoms with E-state index in [4.69, 9.17) is 0 Å². The van der Waals surface area contributed by atoms with Crippen LogP contribution in [-0.4, -0.2) is 23.9 Å². The smallest absolute Gasteiger partial charge is 0.261 e. The molecule has 1 amide bonds. The molecule has 1 heterocycles. The number of hydrogen-bond donors (Lipinski definition) is 2. The molecule has 8 heteroatoms. The first-order valence-electron chi connectivity index (χ1n) is 9.95. The molecule has 3 aromatic carbocycles. The van der Waals surface area contributed by atoms with Gasteiger partial charge < -0.3 is 9.88 Å². The molecule has 0 saturated heterocycles. The summed E-state index contributed by atoms with van der Waals surface area (Å²) in [7, 11) is -1.89. The maximum Gasteiger partial charge on any atom is 0.261 e. The Morgan fingerprint density at radius 3 is 2.28 bits per heavy atom. The quantitative estimate of drug-likeness (QED) is 0.452. The van der Waals surface area contributed by atoms with E-state index in [9.17, 15) is 13.2 Å². The molecule has 1 atom stereocenters. The van der Waals surface area contributed by atoms with Crippen molar-refractivity contribution in [2.75, 3.05) is 4.72 Å². The summed E-state index contributed by atoms with van der Waals surface area (Å²) in [6, 6.07) is 23.5. The summed E-state index contributed by atoms with van der Waals surface area (Å²) in [4.78, 5) is 17.6. The minimum absolute atomic E-state index is 0.147. The lowest BCUT2D eigenvalue weighted by molar-refractivity contribution is 0.0941. The Labute approximate surface area is 186 Å². The van der Waals surface area contributed by atoms with Crippen LogP contribution in [0.3, 0.4) is 0 Å². The Kier molecular flexibility index (Phi) is 6.04. The second-order valence-electron chi connectivity index (χ2n) is 7.21. The Hall–Kier alpha value is -3.91. The first-order chi connectivity index (χ1) is 15.4. The van der Waals surface area contributed by atoms with Crippen molar-refractivity contribution in [2.45, 2.75) is 10.9 Å². The zero-order chi connectivity index (χ0) is 22.6. The van der Waals surface area contributed by atoms with Gasteiger partial charge in [0.05, 0.1) is 4.90 Å². The van der Waals surface area contributed by atoms with Crippen molar-refractivity contribution in [3.63, 3.8) is 0 Å². The van der Waals surface area contributed by atoms with Crippen LogP contribution in [0.25, 0.3) is 0 Å². The fraction of sp³-hybridized carbons (Fsp3) is 0.0833. The first kappa shape index (κ1) is 21.3. The maximum absolute atomic E-state index is 13.1. The van der Waals surface area contributed by atoms with Crippen LogP contribution in [0, 0.1) is 0 Å². The summed E-state index contributed by atoms with van der Waals surface area (Å²) in [6.45, 7) is 0. The molecule has 1 aromatic heterocycles. The molecule has 0 saturated carbocycles. The standard InChI is InChI=1S/C24H22N4O3S/c1-28-16-15-25-23(28)22(18-9-4-2-5-10-18)26-24(29)19-11-8-12-20(17-19)27-32(30,31)21-13-6-3-7-14-21/h2-17,22,27H,1H3,(H,26,29). The third-order valence-corrected chi connectivity index (χ3v) is 6.35. The minimum atomic E-state index is -3.76. The van der Waals surface area contributed by atoms with Gasteiger partial charge in [-0.05, 0) is 35.9 Å². The predicted octanol–water partition coefficient (Wildman–Crippen LogP) is 3.74. The van der Waals surface area contributed by atoms with E-state index in [0.717, 1.165) is 5.56 Å². The Morgan fingerprint density at radius 2 is 1.62 bits per heavy atom. The summed E-state index contributed by atoms with van der Waals surface area (Å²) in [6.07, 6.45) is 3.49. The highest BCUT2D eigenvalue weighted by atomic mass is 32.2. The number of amides is 1. The zero-order valence-electron chi connectivity index (χ0n) is 17.3. The Morgan fingerprint density at radius 1 is 0.938 bits per heavy atom. The summed E-state index contributed by atoms with van der Waals surface area (Å²) in [5.74, 6) is 0.341. The monoisotopic (exact) mass is 446 g/mol. The van der Waals surface area contributed by atoms with E-state index < -0.39 is 16.1 Å². The average Bonchev–Trinajstić information content (AvgIpc) is 3.24. The van der Waals surface area contributed by atoms with E-state index in [-0.39, 0.29) is 10.8 Å². The molecule has 0 radical (unpaired) electrons. The van der Waals surface area contributed by atoms with E-state index in [1.54, 1.807) is 42.6 Å². The lowest BCUT2D eigenvalue weighted by atomic mass is 10.1. The van der Waals surface area contributed by atoms with E-state index in [1.165, 1.54) is 18.2 Å². The van der Waals surface area contributed by atoms with Gasteiger partial charge in [0.2, 0.25) is 0 Å². The SMILES string of the molecule is Cn1ccnc1C(NC(=O)c1cccc(NS(=O)(=O)c2ccccc2)c1)c1ccccc1. The summed E-state index contributed by atoms with van der Waals surface area (Å²) in [5, 5.41) is 3.02. The predicted molar refractivity (Wildman–Crippen MR) is 123 cm³/mol. The second-order valence-corrected chi connectivity index (χ2v) is 8.90. The van der Waals surface area contributed by atoms with Crippen molar-refractivity contribution >= 4 is 21.6 Å². The number of aromatic nitrogens is 2. The van der Waals surface area contributed by atoms with E-state index in [0.29, 0.717) is 17.1 Å². The number of nitrogens with one attached hydrogen (secondary N) is 2. The van der Waals surface area contributed by atoms with Gasteiger partial charge in [-0.3, -0.25) is 9.52 Å². The summed E-state index contributed by atoms with van der Waals surface area (Å²) >= 11 is 0. The highest BCUT2D eigenvalue weighted by Crippen LogP contribution is 2.22. The van der Waals surface area contributed by atoms with Crippen molar-refractivity contribution in [1.29, 1.82) is 0 Å². The molecule has 32 heavy (non-hydrogen) atoms. The minimum Gasteiger partial charge on any atom is -0.338 e. The van der Waals surface area contributed by atoms with Crippen molar-refractivity contribution in [3.8, 4) is 0 Å². The van der Waals surface area contributed by atoms with Gasteiger partial charge in [-0.2, -0.15) is 0 Å². The highest BCUT2D eigenvalue weighted by molar-refractivity contribution is 7.92. The van der Waals surface area contributed by atoms with Crippen LogP contribution in [0.1, 0.15) is 27.8 Å². The molecule has 0 aliphatic heterocycles. The van der Waals surface area contributed by atoms with Gasteiger partial charge in [0.15, 0.2) is 0 Å². The molecule has 0 spiro atoms. The number of rotatable bonds is 7. The van der Waals surface area contributed by atoms with E-state index >= 15 is 0 Å². The molecular weight excluding hydrogens is 424 g/mol. The third kappa shape index (κ3) is 4.70. The summed E-state index contributed by atoms with van der Waals surface area (Å²) < 4.78 is 29.6. The lowest BCUT2D eigenvalue weighted by Gasteiger charge is -2.19. The maximum atomic E-state index is 13.1. The van der Waals surface area contributed by atoms with Crippen LogP contribution in [-0.2, 0) is 17.1 Å². The van der Waals surface area contributed by atoms with Gasteiger partial charge in [-0.25, -0.2) is 13.4 Å². The molecular formula is C24H22N4O3S. The molecule has 7 nitrogen and oxygen atoms in total. The van der Waals surface area contributed by atoms with Gasteiger partial charge in [-0.15, -0.1) is 0 Å². The van der Waals surface area contributed by atoms with Crippen LogP contribution >= 0.6 is 0 Å². The number of carbonyl (C=O) groups is 1. The number of benzene rings is 3. The second kappa shape index (κ2) is 9.07. The number of aryl methyl sites for hydroxylation is 1. The van der Waals surface area contributed by atoms with Crippen molar-refractivity contribution < 1.29 is 13.2 Å². The van der Waals surface area contributed by atoms with E-state index in [1.807, 2.05) is 48.1 Å². The number of sulfonamides is 1. The van der Waals surface area contributed by atoms with Crippen LogP contribution in [0.4, 0.5) is 5.69 Å². The molecule has 4 rings (SSSR count). The fourth-order valence-corrected chi connectivity index (χ4v) is 4.42. The fourth-order valence-electron chi connectivity index (χ4n) is 3.35. The highest BCUT2D eigenvalue weighted by Gasteiger charge is 2.22. The number of imidazole rings is 1. The molecule has 4 aromatic rings. The number of hydrogen-bond acceptors (Lipinski definition) is 4. The van der Waals surface area contributed by atoms with Gasteiger partial charge in [0.25, 0.3) is 15.9 Å². The lowest BCUT2D eigenvalue weighted by Crippen LogP contribution is -2.31. The molecule has 162 valence electrons. The first-order valence-corrected chi connectivity index (χ1v) is 11.4. The Bertz CT molecular complexity index is 1320. The van der Waals surface area contributed by atoms with Crippen LogP contribution in [0.5, 0.6) is 0 Å². The van der Waals surface area contributed by atoms with Crippen molar-refractivity contribution in [1.82, 2.24) is 14.9 Å². The normalized spacial score (nSPS) is 12.2. The number of anilines is 1. The van der Waals surface area contributed by atoms with Crippen molar-refractivity contribution in [2.24, 2.45) is 7.05 Å². The van der Waals surface area contributed by atoms with Gasteiger partial charge in [0.1, 0.15) is 11.9 Å². The topological polar surface area (TPSA) is 93.1 Å². The summed E-state index contributed by atoms with van der Waals surface area (Å²) in [5.41, 5.74) is 1.51. The van der Waals surface area contributed by atoms with Gasteiger partial charge in [0, 0.05) is 30.7 Å². The van der Waals surface area contributed by atoms with Gasteiger partial charge >= 0.3 is 0 Å². The largest absolute Gasteiger partial charge is 0.338 e. The average molecular weight is 447 g/mol. The van der Waals surface area contributed by atoms with Crippen molar-refractivity contribution in [3.05, 3.63) is 114 Å². The molecule has 0 fully saturated rings. The van der Waals surface area contributed by atoms with Crippen LogP contribution < -0.4 is 10.0 Å². The molecule has 0 bridgehead atoms.